The van der Waals surface area contributed by atoms with E-state index in [0.717, 1.165) is 16.5 Å². The summed E-state index contributed by atoms with van der Waals surface area (Å²) in [5.41, 5.74) is 1.85. The number of fused-ring (bicyclic) bond motifs is 2. The fraction of sp³-hybridized carbons (Fsp3) is 0.250. The van der Waals surface area contributed by atoms with Crippen LogP contribution < -0.4 is 14.8 Å². The third-order valence-electron chi connectivity index (χ3n) is 4.56. The molecule has 1 aliphatic heterocycles. The molecule has 1 aliphatic rings. The Labute approximate surface area is 151 Å². The normalized spacial score (nSPS) is 17.1. The van der Waals surface area contributed by atoms with E-state index in [4.69, 9.17) is 9.47 Å². The molecular formula is C20H20N2O4. The SMILES string of the molecule is Cn1ccc2cc([C@H](O)CNC(=O)[C@@H]3COc4ccccc4O3)ccc21. The lowest BCUT2D eigenvalue weighted by Crippen LogP contribution is -2.45. The van der Waals surface area contributed by atoms with Gasteiger partial charge in [0.05, 0.1) is 6.10 Å². The van der Waals surface area contributed by atoms with Crippen molar-refractivity contribution in [1.29, 1.82) is 0 Å². The number of aryl methyl sites for hydroxylation is 1. The average molecular weight is 352 g/mol. The van der Waals surface area contributed by atoms with Crippen molar-refractivity contribution in [2.45, 2.75) is 12.2 Å². The predicted octanol–water partition coefficient (Wildman–Crippen LogP) is 2.17. The van der Waals surface area contributed by atoms with E-state index in [1.54, 1.807) is 12.1 Å². The van der Waals surface area contributed by atoms with Crippen molar-refractivity contribution in [2.24, 2.45) is 7.05 Å². The highest BCUT2D eigenvalue weighted by Gasteiger charge is 2.27. The lowest BCUT2D eigenvalue weighted by Gasteiger charge is -2.26. The summed E-state index contributed by atoms with van der Waals surface area (Å²) in [6.45, 7) is 0.258. The highest BCUT2D eigenvalue weighted by molar-refractivity contribution is 5.82. The second kappa shape index (κ2) is 6.72. The molecule has 0 aliphatic carbocycles. The molecule has 1 amide bonds. The molecule has 4 rings (SSSR count). The summed E-state index contributed by atoms with van der Waals surface area (Å²) in [5.74, 6) is 0.876. The summed E-state index contributed by atoms with van der Waals surface area (Å²) in [7, 11) is 1.98. The minimum absolute atomic E-state index is 0.110. The molecule has 0 radical (unpaired) electrons. The van der Waals surface area contributed by atoms with Crippen LogP contribution in [-0.4, -0.2) is 34.8 Å². The van der Waals surface area contributed by atoms with E-state index in [1.807, 2.05) is 54.2 Å². The number of hydrogen-bond acceptors (Lipinski definition) is 4. The summed E-state index contributed by atoms with van der Waals surface area (Å²) < 4.78 is 13.2. The summed E-state index contributed by atoms with van der Waals surface area (Å²) in [6.07, 6.45) is 0.454. The zero-order valence-corrected chi connectivity index (χ0v) is 14.4. The smallest absolute Gasteiger partial charge is 0.264 e. The zero-order chi connectivity index (χ0) is 18.1. The van der Waals surface area contributed by atoms with Gasteiger partial charge in [0.2, 0.25) is 6.10 Å². The molecule has 0 saturated heterocycles. The molecule has 3 aromatic rings. The third kappa shape index (κ3) is 3.11. The number of aliphatic hydroxyl groups excluding tert-OH is 1. The highest BCUT2D eigenvalue weighted by atomic mass is 16.6. The van der Waals surface area contributed by atoms with Crippen molar-refractivity contribution in [1.82, 2.24) is 9.88 Å². The van der Waals surface area contributed by atoms with E-state index in [9.17, 15) is 9.90 Å². The van der Waals surface area contributed by atoms with Gasteiger partial charge in [-0.05, 0) is 41.3 Å². The summed E-state index contributed by atoms with van der Waals surface area (Å²) in [4.78, 5) is 12.3. The number of hydrogen-bond donors (Lipinski definition) is 2. The molecule has 0 bridgehead atoms. The number of ether oxygens (including phenoxy) is 2. The van der Waals surface area contributed by atoms with Crippen LogP contribution in [0.5, 0.6) is 11.5 Å². The summed E-state index contributed by atoms with van der Waals surface area (Å²) >= 11 is 0. The molecule has 6 heteroatoms. The Bertz CT molecular complexity index is 950. The van der Waals surface area contributed by atoms with Crippen LogP contribution in [0.25, 0.3) is 10.9 Å². The molecule has 0 saturated carbocycles. The van der Waals surface area contributed by atoms with Gasteiger partial charge in [0.25, 0.3) is 5.91 Å². The second-order valence-corrected chi connectivity index (χ2v) is 6.37. The van der Waals surface area contributed by atoms with Crippen molar-refractivity contribution >= 4 is 16.8 Å². The van der Waals surface area contributed by atoms with Crippen molar-refractivity contribution in [3.05, 3.63) is 60.3 Å². The Hall–Kier alpha value is -2.99. The molecule has 0 fully saturated rings. The monoisotopic (exact) mass is 352 g/mol. The van der Waals surface area contributed by atoms with E-state index < -0.39 is 12.2 Å². The molecule has 0 spiro atoms. The fourth-order valence-corrected chi connectivity index (χ4v) is 3.09. The average Bonchev–Trinajstić information content (AvgIpc) is 3.05. The minimum atomic E-state index is -0.791. The van der Waals surface area contributed by atoms with Gasteiger partial charge in [-0.3, -0.25) is 4.79 Å². The topological polar surface area (TPSA) is 72.7 Å². The first-order valence-corrected chi connectivity index (χ1v) is 8.51. The maximum Gasteiger partial charge on any atom is 0.264 e. The first-order valence-electron chi connectivity index (χ1n) is 8.51. The quantitative estimate of drug-likeness (QED) is 0.755. The molecule has 26 heavy (non-hydrogen) atoms. The molecule has 2 aromatic carbocycles. The summed E-state index contributed by atoms with van der Waals surface area (Å²) in [6, 6.07) is 15.0. The van der Waals surface area contributed by atoms with Gasteiger partial charge in [0.1, 0.15) is 6.61 Å². The number of nitrogens with one attached hydrogen (secondary N) is 1. The molecular weight excluding hydrogens is 332 g/mol. The number of rotatable bonds is 4. The van der Waals surface area contributed by atoms with Crippen LogP contribution in [-0.2, 0) is 11.8 Å². The van der Waals surface area contributed by atoms with E-state index >= 15 is 0 Å². The maximum atomic E-state index is 12.3. The number of nitrogens with zero attached hydrogens (tertiary/aromatic N) is 1. The molecule has 134 valence electrons. The number of para-hydroxylation sites is 2. The fourth-order valence-electron chi connectivity index (χ4n) is 3.09. The Balaban J connectivity index is 1.37. The molecule has 2 N–H and O–H groups in total. The van der Waals surface area contributed by atoms with E-state index in [-0.39, 0.29) is 19.1 Å². The van der Waals surface area contributed by atoms with Crippen molar-refractivity contribution in [3.63, 3.8) is 0 Å². The number of amides is 1. The van der Waals surface area contributed by atoms with Gasteiger partial charge in [0, 0.05) is 25.3 Å². The largest absolute Gasteiger partial charge is 0.485 e. The summed E-state index contributed by atoms with van der Waals surface area (Å²) in [5, 5.41) is 14.2. The van der Waals surface area contributed by atoms with Crippen LogP contribution in [0, 0.1) is 0 Å². The van der Waals surface area contributed by atoms with Gasteiger partial charge >= 0.3 is 0 Å². The lowest BCUT2D eigenvalue weighted by molar-refractivity contribution is -0.130. The Morgan fingerprint density at radius 3 is 2.92 bits per heavy atom. The van der Waals surface area contributed by atoms with E-state index in [1.165, 1.54) is 0 Å². The minimum Gasteiger partial charge on any atom is -0.485 e. The standard InChI is InChI=1S/C20H20N2O4/c1-22-9-8-13-10-14(6-7-15(13)22)16(23)11-21-20(24)19-12-25-17-4-2-3-5-18(17)26-19/h2-10,16,19,23H,11-12H2,1H3,(H,21,24)/t16-,19+/m1/s1. The highest BCUT2D eigenvalue weighted by Crippen LogP contribution is 2.30. The lowest BCUT2D eigenvalue weighted by atomic mass is 10.1. The molecule has 2 heterocycles. The number of carbonyl (C=O) groups excluding carboxylic acids is 1. The van der Waals surface area contributed by atoms with Crippen LogP contribution in [0.3, 0.4) is 0 Å². The number of aromatic nitrogens is 1. The Kier molecular flexibility index (Phi) is 4.26. The molecule has 1 aromatic heterocycles. The predicted molar refractivity (Wildman–Crippen MR) is 97.2 cm³/mol. The first-order chi connectivity index (χ1) is 12.6. The number of aliphatic hydroxyl groups is 1. The number of benzene rings is 2. The Morgan fingerprint density at radius 2 is 2.08 bits per heavy atom. The molecule has 6 nitrogen and oxygen atoms in total. The molecule has 2 atom stereocenters. The van der Waals surface area contributed by atoms with Gasteiger partial charge in [-0.1, -0.05) is 18.2 Å². The van der Waals surface area contributed by atoms with Gasteiger partial charge in [-0.15, -0.1) is 0 Å². The van der Waals surface area contributed by atoms with Gasteiger partial charge in [-0.2, -0.15) is 0 Å². The van der Waals surface area contributed by atoms with Crippen LogP contribution in [0.15, 0.2) is 54.7 Å². The van der Waals surface area contributed by atoms with Gasteiger partial charge < -0.3 is 24.5 Å². The molecule has 0 unspecified atom stereocenters. The van der Waals surface area contributed by atoms with Crippen LogP contribution in [0.2, 0.25) is 0 Å². The van der Waals surface area contributed by atoms with E-state index in [0.29, 0.717) is 11.5 Å². The number of carbonyl (C=O) groups is 1. The second-order valence-electron chi connectivity index (χ2n) is 6.37. The van der Waals surface area contributed by atoms with Crippen LogP contribution >= 0.6 is 0 Å². The van der Waals surface area contributed by atoms with Crippen LogP contribution in [0.1, 0.15) is 11.7 Å². The third-order valence-corrected chi connectivity index (χ3v) is 4.56. The van der Waals surface area contributed by atoms with Crippen molar-refractivity contribution in [3.8, 4) is 11.5 Å². The van der Waals surface area contributed by atoms with Gasteiger partial charge in [-0.25, -0.2) is 0 Å². The van der Waals surface area contributed by atoms with Crippen molar-refractivity contribution in [2.75, 3.05) is 13.2 Å². The zero-order valence-electron chi connectivity index (χ0n) is 14.4. The van der Waals surface area contributed by atoms with E-state index in [2.05, 4.69) is 5.32 Å². The Morgan fingerprint density at radius 1 is 1.27 bits per heavy atom. The van der Waals surface area contributed by atoms with Crippen LogP contribution in [0.4, 0.5) is 0 Å². The van der Waals surface area contributed by atoms with Crippen molar-refractivity contribution < 1.29 is 19.4 Å². The first kappa shape index (κ1) is 16.5. The maximum absolute atomic E-state index is 12.3. The van der Waals surface area contributed by atoms with Gasteiger partial charge in [0.15, 0.2) is 11.5 Å².